The molecule has 1 aromatic rings. The van der Waals surface area contributed by atoms with Gasteiger partial charge in [0.25, 0.3) is 0 Å². The summed E-state index contributed by atoms with van der Waals surface area (Å²) in [6, 6.07) is 7.69. The molecule has 1 heterocycles. The molecular formula is C17H26ClN3O2S. The van der Waals surface area contributed by atoms with Gasteiger partial charge in [0.2, 0.25) is 11.8 Å². The average molecular weight is 372 g/mol. The number of amides is 2. The van der Waals surface area contributed by atoms with Crippen LogP contribution in [0.5, 0.6) is 0 Å². The zero-order chi connectivity index (χ0) is 16.7. The maximum atomic E-state index is 12.1. The summed E-state index contributed by atoms with van der Waals surface area (Å²) in [4.78, 5) is 25.9. The predicted octanol–water partition coefficient (Wildman–Crippen LogP) is 2.16. The highest BCUT2D eigenvalue weighted by Crippen LogP contribution is 2.17. The highest BCUT2D eigenvalue weighted by atomic mass is 35.5. The first kappa shape index (κ1) is 20.8. The average Bonchev–Trinajstić information content (AvgIpc) is 2.99. The number of aryl methyl sites for hydroxylation is 1. The minimum Gasteiger partial charge on any atom is -0.342 e. The van der Waals surface area contributed by atoms with Gasteiger partial charge in [-0.15, -0.1) is 24.2 Å². The molecule has 0 aliphatic carbocycles. The van der Waals surface area contributed by atoms with Crippen molar-refractivity contribution < 1.29 is 9.59 Å². The van der Waals surface area contributed by atoms with Crippen molar-refractivity contribution in [3.8, 4) is 0 Å². The van der Waals surface area contributed by atoms with Crippen molar-refractivity contribution in [2.24, 2.45) is 5.92 Å². The van der Waals surface area contributed by atoms with Crippen LogP contribution in [0.4, 0.5) is 5.69 Å². The van der Waals surface area contributed by atoms with Crippen molar-refractivity contribution in [1.29, 1.82) is 0 Å². The lowest BCUT2D eigenvalue weighted by Crippen LogP contribution is -2.32. The first-order chi connectivity index (χ1) is 11.1. The number of thioether (sulfide) groups is 1. The van der Waals surface area contributed by atoms with E-state index in [1.807, 2.05) is 43.1 Å². The maximum Gasteiger partial charge on any atom is 0.234 e. The van der Waals surface area contributed by atoms with E-state index in [2.05, 4.69) is 10.6 Å². The van der Waals surface area contributed by atoms with Crippen molar-refractivity contribution >= 4 is 41.7 Å². The van der Waals surface area contributed by atoms with E-state index in [1.165, 1.54) is 11.8 Å². The highest BCUT2D eigenvalue weighted by Gasteiger charge is 2.25. The number of hydrogen-bond donors (Lipinski definition) is 2. The number of halogens is 1. The molecule has 7 heteroatoms. The van der Waals surface area contributed by atoms with Crippen LogP contribution in [0.2, 0.25) is 0 Å². The molecule has 0 spiro atoms. The SMILES string of the molecule is CNCC1CCN(C(=O)CSCC(=O)Nc2ccc(C)cc2)C1.Cl. The normalized spacial score (nSPS) is 16.6. The van der Waals surface area contributed by atoms with Crippen LogP contribution < -0.4 is 10.6 Å². The summed E-state index contributed by atoms with van der Waals surface area (Å²) >= 11 is 1.37. The van der Waals surface area contributed by atoms with Crippen LogP contribution in [-0.2, 0) is 9.59 Å². The third-order valence-corrected chi connectivity index (χ3v) is 4.84. The second-order valence-electron chi connectivity index (χ2n) is 5.96. The van der Waals surface area contributed by atoms with Gasteiger partial charge in [-0.2, -0.15) is 0 Å². The lowest BCUT2D eigenvalue weighted by molar-refractivity contribution is -0.127. The molecule has 0 bridgehead atoms. The van der Waals surface area contributed by atoms with E-state index in [0.29, 0.717) is 17.4 Å². The van der Waals surface area contributed by atoms with Gasteiger partial charge in [0.1, 0.15) is 0 Å². The Morgan fingerprint density at radius 3 is 2.62 bits per heavy atom. The summed E-state index contributed by atoms with van der Waals surface area (Å²) in [5.74, 6) is 1.29. The smallest absolute Gasteiger partial charge is 0.234 e. The minimum atomic E-state index is -0.0684. The molecule has 1 unspecified atom stereocenters. The predicted molar refractivity (Wildman–Crippen MR) is 103 cm³/mol. The zero-order valence-corrected chi connectivity index (χ0v) is 15.8. The Morgan fingerprint density at radius 2 is 1.96 bits per heavy atom. The highest BCUT2D eigenvalue weighted by molar-refractivity contribution is 8.00. The topological polar surface area (TPSA) is 61.4 Å². The fourth-order valence-corrected chi connectivity index (χ4v) is 3.39. The molecule has 1 fully saturated rings. The molecule has 1 aromatic carbocycles. The van der Waals surface area contributed by atoms with Gasteiger partial charge in [0, 0.05) is 18.8 Å². The lowest BCUT2D eigenvalue weighted by Gasteiger charge is -2.16. The van der Waals surface area contributed by atoms with E-state index < -0.39 is 0 Å². The third-order valence-electron chi connectivity index (χ3n) is 3.93. The number of carbonyl (C=O) groups is 2. The fourth-order valence-electron chi connectivity index (χ4n) is 2.67. The summed E-state index contributed by atoms with van der Waals surface area (Å²) in [7, 11) is 1.94. The molecule has 1 saturated heterocycles. The van der Waals surface area contributed by atoms with Crippen molar-refractivity contribution in [3.05, 3.63) is 29.8 Å². The summed E-state index contributed by atoms with van der Waals surface area (Å²) in [5, 5.41) is 6.00. The molecule has 134 valence electrons. The van der Waals surface area contributed by atoms with E-state index in [4.69, 9.17) is 0 Å². The number of rotatable bonds is 7. The second kappa shape index (κ2) is 10.6. The molecule has 5 nitrogen and oxygen atoms in total. The Hall–Kier alpha value is -1.24. The van der Waals surface area contributed by atoms with Crippen molar-refractivity contribution in [3.63, 3.8) is 0 Å². The Balaban J connectivity index is 0.00000288. The van der Waals surface area contributed by atoms with Crippen LogP contribution in [0.3, 0.4) is 0 Å². The van der Waals surface area contributed by atoms with Crippen LogP contribution in [0, 0.1) is 12.8 Å². The van der Waals surface area contributed by atoms with Gasteiger partial charge in [-0.1, -0.05) is 17.7 Å². The Kier molecular flexibility index (Phi) is 9.18. The molecule has 1 aliphatic heterocycles. The standard InChI is InChI=1S/C17H25N3O2S.ClH/c1-13-3-5-15(6-4-13)19-16(21)11-23-12-17(22)20-8-7-14(10-20)9-18-2;/h3-6,14,18H,7-12H2,1-2H3,(H,19,21);1H. The van der Waals surface area contributed by atoms with Crippen molar-refractivity contribution in [2.45, 2.75) is 13.3 Å². The Morgan fingerprint density at radius 1 is 1.25 bits per heavy atom. The number of benzene rings is 1. The number of hydrogen-bond acceptors (Lipinski definition) is 4. The van der Waals surface area contributed by atoms with Gasteiger partial charge in [-0.25, -0.2) is 0 Å². The second-order valence-corrected chi connectivity index (χ2v) is 6.94. The van der Waals surface area contributed by atoms with E-state index in [0.717, 1.165) is 37.3 Å². The molecule has 0 saturated carbocycles. The molecule has 1 atom stereocenters. The van der Waals surface area contributed by atoms with E-state index in [1.54, 1.807) is 0 Å². The molecule has 2 N–H and O–H groups in total. The molecule has 24 heavy (non-hydrogen) atoms. The van der Waals surface area contributed by atoms with Gasteiger partial charge < -0.3 is 15.5 Å². The van der Waals surface area contributed by atoms with Crippen LogP contribution in [0.1, 0.15) is 12.0 Å². The van der Waals surface area contributed by atoms with Crippen molar-refractivity contribution in [2.75, 3.05) is 43.5 Å². The summed E-state index contributed by atoms with van der Waals surface area (Å²) < 4.78 is 0. The fraction of sp³-hybridized carbons (Fsp3) is 0.529. The Labute approximate surface area is 154 Å². The number of carbonyl (C=O) groups excluding carboxylic acids is 2. The lowest BCUT2D eigenvalue weighted by atomic mass is 10.1. The maximum absolute atomic E-state index is 12.1. The minimum absolute atomic E-state index is 0. The zero-order valence-electron chi connectivity index (χ0n) is 14.2. The summed E-state index contributed by atoms with van der Waals surface area (Å²) in [6.07, 6.45) is 1.06. The van der Waals surface area contributed by atoms with Crippen LogP contribution in [-0.4, -0.2) is 54.9 Å². The quantitative estimate of drug-likeness (QED) is 0.771. The molecule has 2 amide bonds. The molecule has 2 rings (SSSR count). The first-order valence-electron chi connectivity index (χ1n) is 7.95. The van der Waals surface area contributed by atoms with Gasteiger partial charge in [-0.05, 0) is 45.0 Å². The molecular weight excluding hydrogens is 346 g/mol. The third kappa shape index (κ3) is 6.71. The Bertz CT molecular complexity index is 539. The first-order valence-corrected chi connectivity index (χ1v) is 9.10. The summed E-state index contributed by atoms with van der Waals surface area (Å²) in [6.45, 7) is 4.62. The van der Waals surface area contributed by atoms with Gasteiger partial charge in [0.05, 0.1) is 11.5 Å². The van der Waals surface area contributed by atoms with Crippen LogP contribution >= 0.6 is 24.2 Å². The monoisotopic (exact) mass is 371 g/mol. The molecule has 1 aliphatic rings. The van der Waals surface area contributed by atoms with Crippen LogP contribution in [0.15, 0.2) is 24.3 Å². The molecule has 0 radical (unpaired) electrons. The van der Waals surface area contributed by atoms with Crippen LogP contribution in [0.25, 0.3) is 0 Å². The van der Waals surface area contributed by atoms with Gasteiger partial charge in [-0.3, -0.25) is 9.59 Å². The largest absolute Gasteiger partial charge is 0.342 e. The van der Waals surface area contributed by atoms with E-state index >= 15 is 0 Å². The number of likely N-dealkylation sites (tertiary alicyclic amines) is 1. The number of nitrogens with one attached hydrogen (secondary N) is 2. The van der Waals surface area contributed by atoms with Crippen molar-refractivity contribution in [1.82, 2.24) is 10.2 Å². The van der Waals surface area contributed by atoms with E-state index in [-0.39, 0.29) is 24.2 Å². The van der Waals surface area contributed by atoms with Gasteiger partial charge in [0.15, 0.2) is 0 Å². The van der Waals surface area contributed by atoms with Gasteiger partial charge >= 0.3 is 0 Å². The van der Waals surface area contributed by atoms with E-state index in [9.17, 15) is 9.59 Å². The number of anilines is 1. The number of nitrogens with zero attached hydrogens (tertiary/aromatic N) is 1. The molecule has 0 aromatic heterocycles. The summed E-state index contributed by atoms with van der Waals surface area (Å²) in [5.41, 5.74) is 1.95.